The average Bonchev–Trinajstić information content (AvgIpc) is 2.57. The number of anilines is 1. The van der Waals surface area contributed by atoms with Crippen LogP contribution in [0.3, 0.4) is 0 Å². The number of halogens is 3. The third-order valence-electron chi connectivity index (χ3n) is 3.82. The second-order valence-electron chi connectivity index (χ2n) is 5.75. The van der Waals surface area contributed by atoms with Gasteiger partial charge in [0.25, 0.3) is 0 Å². The van der Waals surface area contributed by atoms with Crippen LogP contribution in [0.4, 0.5) is 18.9 Å². The minimum absolute atomic E-state index is 0.0539. The first kappa shape index (κ1) is 21.8. The van der Waals surface area contributed by atoms with Crippen LogP contribution in [0.5, 0.6) is 0 Å². The number of alkyl halides is 3. The molecule has 0 aromatic heterocycles. The van der Waals surface area contributed by atoms with Crippen molar-refractivity contribution in [1.29, 1.82) is 10.5 Å². The summed E-state index contributed by atoms with van der Waals surface area (Å²) in [6.45, 7) is 0.663. The number of nitrogens with zero attached hydrogens (tertiary/aromatic N) is 2. The molecule has 1 aromatic carbocycles. The first-order valence-corrected chi connectivity index (χ1v) is 9.72. The molecule has 0 aliphatic carbocycles. The van der Waals surface area contributed by atoms with Gasteiger partial charge in [-0.2, -0.15) is 23.7 Å². The molecule has 0 fully saturated rings. The Morgan fingerprint density at radius 3 is 2.12 bits per heavy atom. The van der Waals surface area contributed by atoms with E-state index in [0.29, 0.717) is 19.4 Å². The zero-order valence-electron chi connectivity index (χ0n) is 14.0. The highest BCUT2D eigenvalue weighted by atomic mass is 32.2. The van der Waals surface area contributed by atoms with E-state index < -0.39 is 32.9 Å². The number of nitriles is 2. The highest BCUT2D eigenvalue weighted by Gasteiger charge is 2.51. The van der Waals surface area contributed by atoms with E-state index in [9.17, 15) is 21.6 Å². The van der Waals surface area contributed by atoms with Crippen molar-refractivity contribution >= 4 is 15.5 Å². The molecule has 0 aliphatic rings. The Balaban J connectivity index is 2.44. The van der Waals surface area contributed by atoms with E-state index in [0.717, 1.165) is 24.2 Å². The van der Waals surface area contributed by atoms with Gasteiger partial charge in [0, 0.05) is 12.2 Å². The van der Waals surface area contributed by atoms with E-state index >= 15 is 0 Å². The van der Waals surface area contributed by atoms with Crippen LogP contribution < -0.4 is 5.32 Å². The van der Waals surface area contributed by atoms with Gasteiger partial charge in [-0.3, -0.25) is 0 Å². The van der Waals surface area contributed by atoms with Gasteiger partial charge in [0.2, 0.25) is 5.25 Å². The Morgan fingerprint density at radius 1 is 1.00 bits per heavy atom. The summed E-state index contributed by atoms with van der Waals surface area (Å²) < 4.78 is 63.0. The van der Waals surface area contributed by atoms with E-state index in [4.69, 9.17) is 10.5 Å². The first-order valence-electron chi connectivity index (χ1n) is 8.11. The van der Waals surface area contributed by atoms with Crippen molar-refractivity contribution in [2.45, 2.75) is 48.8 Å². The number of nitrogens with one attached hydrogen (secondary N) is 1. The van der Waals surface area contributed by atoms with Crippen LogP contribution in [-0.2, 0) is 9.84 Å². The summed E-state index contributed by atoms with van der Waals surface area (Å²) in [5.41, 5.74) is 0.953. The van der Waals surface area contributed by atoms with Crippen LogP contribution in [0.1, 0.15) is 32.1 Å². The Labute approximate surface area is 151 Å². The Morgan fingerprint density at radius 2 is 1.58 bits per heavy atom. The molecule has 9 heteroatoms. The quantitative estimate of drug-likeness (QED) is 0.616. The van der Waals surface area contributed by atoms with Crippen molar-refractivity contribution in [2.75, 3.05) is 11.9 Å². The zero-order chi connectivity index (χ0) is 19.6. The molecule has 0 bridgehead atoms. The predicted octanol–water partition coefficient (Wildman–Crippen LogP) is 3.81. The third-order valence-corrected chi connectivity index (χ3v) is 5.98. The number of benzene rings is 1. The summed E-state index contributed by atoms with van der Waals surface area (Å²) in [5.74, 6) is 0. The van der Waals surface area contributed by atoms with Crippen molar-refractivity contribution < 1.29 is 21.6 Å². The Hall–Kier alpha value is -2.26. The number of sulfone groups is 1. The van der Waals surface area contributed by atoms with Gasteiger partial charge in [-0.15, -0.1) is 0 Å². The highest BCUT2D eigenvalue weighted by molar-refractivity contribution is 7.93. The van der Waals surface area contributed by atoms with Gasteiger partial charge >= 0.3 is 6.18 Å². The minimum atomic E-state index is -5.00. The molecule has 1 N–H and O–H groups in total. The maximum atomic E-state index is 13.1. The molecule has 0 radical (unpaired) electrons. The summed E-state index contributed by atoms with van der Waals surface area (Å²) in [6, 6.07) is 11.7. The molecule has 1 unspecified atom stereocenters. The van der Waals surface area contributed by atoms with E-state index in [1.54, 1.807) is 0 Å². The fourth-order valence-electron chi connectivity index (χ4n) is 2.45. The molecule has 0 saturated heterocycles. The molecular formula is C17H20F3N3O2S. The smallest absolute Gasteiger partial charge is 0.385 e. The van der Waals surface area contributed by atoms with Crippen molar-refractivity contribution in [3.8, 4) is 12.1 Å². The summed E-state index contributed by atoms with van der Waals surface area (Å²) in [7, 11) is -4.91. The summed E-state index contributed by atoms with van der Waals surface area (Å²) in [5, 5.41) is 15.4. The summed E-state index contributed by atoms with van der Waals surface area (Å²) in [6.07, 6.45) is -3.78. The van der Waals surface area contributed by atoms with E-state index in [-0.39, 0.29) is 6.42 Å². The average molecular weight is 387 g/mol. The zero-order valence-corrected chi connectivity index (χ0v) is 14.9. The van der Waals surface area contributed by atoms with E-state index in [1.807, 2.05) is 30.3 Å². The standard InChI is InChI=1S/C17H20F3N3O2S/c18-17(19,20)16(26(24,25)15(12-21)13-22)10-6-1-2-7-11-23-14-8-4-3-5-9-14/h3-5,8-9,15-16,23H,1-2,6-7,10-11H2. The van der Waals surface area contributed by atoms with Crippen LogP contribution >= 0.6 is 0 Å². The van der Waals surface area contributed by atoms with Gasteiger partial charge in [0.1, 0.15) is 0 Å². The lowest BCUT2D eigenvalue weighted by atomic mass is 10.1. The van der Waals surface area contributed by atoms with Gasteiger partial charge in [-0.1, -0.05) is 37.5 Å². The molecule has 1 rings (SSSR count). The molecule has 0 heterocycles. The lowest BCUT2D eigenvalue weighted by Crippen LogP contribution is -2.41. The Bertz CT molecular complexity index is 723. The van der Waals surface area contributed by atoms with Crippen LogP contribution in [-0.4, -0.2) is 31.6 Å². The molecule has 142 valence electrons. The predicted molar refractivity (Wildman–Crippen MR) is 91.8 cm³/mol. The molecule has 0 amide bonds. The maximum absolute atomic E-state index is 13.1. The van der Waals surface area contributed by atoms with Crippen LogP contribution in [0, 0.1) is 22.7 Å². The van der Waals surface area contributed by atoms with Gasteiger partial charge in [-0.05, 0) is 25.0 Å². The molecule has 26 heavy (non-hydrogen) atoms. The molecule has 1 atom stereocenters. The highest BCUT2D eigenvalue weighted by Crippen LogP contribution is 2.32. The van der Waals surface area contributed by atoms with Gasteiger partial charge < -0.3 is 5.32 Å². The molecule has 0 aliphatic heterocycles. The topological polar surface area (TPSA) is 93.8 Å². The van der Waals surface area contributed by atoms with Gasteiger partial charge in [-0.25, -0.2) is 8.42 Å². The number of hydrogen-bond donors (Lipinski definition) is 1. The van der Waals surface area contributed by atoms with Gasteiger partial charge in [0.05, 0.1) is 12.1 Å². The lowest BCUT2D eigenvalue weighted by molar-refractivity contribution is -0.131. The second kappa shape index (κ2) is 10.0. The fraction of sp³-hybridized carbons (Fsp3) is 0.529. The third kappa shape index (κ3) is 6.57. The second-order valence-corrected chi connectivity index (χ2v) is 7.97. The minimum Gasteiger partial charge on any atom is -0.385 e. The first-order chi connectivity index (χ1) is 12.2. The molecule has 0 saturated carbocycles. The van der Waals surface area contributed by atoms with Crippen LogP contribution in [0.2, 0.25) is 0 Å². The monoisotopic (exact) mass is 387 g/mol. The maximum Gasteiger partial charge on any atom is 0.405 e. The summed E-state index contributed by atoms with van der Waals surface area (Å²) in [4.78, 5) is 0. The number of unbranched alkanes of at least 4 members (excludes halogenated alkanes) is 3. The van der Waals surface area contributed by atoms with Crippen molar-refractivity contribution in [3.05, 3.63) is 30.3 Å². The molecular weight excluding hydrogens is 367 g/mol. The lowest BCUT2D eigenvalue weighted by Gasteiger charge is -2.20. The largest absolute Gasteiger partial charge is 0.405 e. The van der Waals surface area contributed by atoms with Crippen LogP contribution in [0.15, 0.2) is 30.3 Å². The number of para-hydroxylation sites is 1. The number of rotatable bonds is 10. The Kier molecular flexibility index (Phi) is 8.40. The number of hydrogen-bond acceptors (Lipinski definition) is 5. The normalized spacial score (nSPS) is 13.0. The van der Waals surface area contributed by atoms with Crippen molar-refractivity contribution in [1.82, 2.24) is 0 Å². The van der Waals surface area contributed by atoms with E-state index in [1.165, 1.54) is 0 Å². The fourth-order valence-corrected chi connectivity index (χ4v) is 3.94. The SMILES string of the molecule is N#CC(C#N)S(=O)(=O)C(CCCCCCNc1ccccc1)C(F)(F)F. The van der Waals surface area contributed by atoms with E-state index in [2.05, 4.69) is 5.32 Å². The molecule has 0 spiro atoms. The molecule has 1 aromatic rings. The summed E-state index contributed by atoms with van der Waals surface area (Å²) >= 11 is 0. The molecule has 5 nitrogen and oxygen atoms in total. The van der Waals surface area contributed by atoms with Crippen molar-refractivity contribution in [2.24, 2.45) is 0 Å². The van der Waals surface area contributed by atoms with Gasteiger partial charge in [0.15, 0.2) is 15.1 Å². The van der Waals surface area contributed by atoms with Crippen LogP contribution in [0.25, 0.3) is 0 Å². The van der Waals surface area contributed by atoms with Crippen molar-refractivity contribution in [3.63, 3.8) is 0 Å².